The Morgan fingerprint density at radius 3 is 2.94 bits per heavy atom. The summed E-state index contributed by atoms with van der Waals surface area (Å²) in [6, 6.07) is 2.13. The minimum atomic E-state index is 0.0933. The number of rotatable bonds is 7. The third-order valence-electron chi connectivity index (χ3n) is 2.69. The molecule has 1 aromatic rings. The summed E-state index contributed by atoms with van der Waals surface area (Å²) in [4.78, 5) is 19.8. The van der Waals surface area contributed by atoms with Crippen LogP contribution < -0.4 is 10.6 Å². The lowest BCUT2D eigenvalue weighted by Crippen LogP contribution is -2.33. The van der Waals surface area contributed by atoms with E-state index in [1.54, 1.807) is 6.20 Å². The van der Waals surface area contributed by atoms with Gasteiger partial charge in [0.2, 0.25) is 5.91 Å². The molecule has 0 fully saturated rings. The summed E-state index contributed by atoms with van der Waals surface area (Å²) >= 11 is 0. The second-order valence-electron chi connectivity index (χ2n) is 4.40. The molecule has 100 valence electrons. The molecule has 0 aliphatic heterocycles. The van der Waals surface area contributed by atoms with E-state index < -0.39 is 0 Å². The molecule has 0 aromatic carbocycles. The Balaban J connectivity index is 2.17. The van der Waals surface area contributed by atoms with Crippen LogP contribution in [0.15, 0.2) is 12.3 Å². The normalized spacial score (nSPS) is 12.2. The summed E-state index contributed by atoms with van der Waals surface area (Å²) in [5, 5.41) is 6.13. The van der Waals surface area contributed by atoms with Gasteiger partial charge in [-0.3, -0.25) is 4.79 Å². The molecule has 18 heavy (non-hydrogen) atoms. The summed E-state index contributed by atoms with van der Waals surface area (Å²) in [5.74, 6) is 0.861. The topological polar surface area (TPSA) is 66.9 Å². The van der Waals surface area contributed by atoms with Crippen LogP contribution in [0.3, 0.4) is 0 Å². The molecular weight excluding hydrogens is 228 g/mol. The van der Waals surface area contributed by atoms with Crippen molar-refractivity contribution in [3.05, 3.63) is 23.8 Å². The van der Waals surface area contributed by atoms with Crippen molar-refractivity contribution < 1.29 is 4.79 Å². The summed E-state index contributed by atoms with van der Waals surface area (Å²) in [5.41, 5.74) is 0.949. The molecular formula is C13H22N4O. The first-order chi connectivity index (χ1) is 8.61. The molecule has 0 bridgehead atoms. The number of aryl methyl sites for hydroxylation is 1. The highest BCUT2D eigenvalue weighted by Gasteiger charge is 2.04. The zero-order valence-electron chi connectivity index (χ0n) is 11.4. The Labute approximate surface area is 108 Å². The molecule has 0 aliphatic rings. The average molecular weight is 250 g/mol. The van der Waals surface area contributed by atoms with Gasteiger partial charge >= 0.3 is 0 Å². The van der Waals surface area contributed by atoms with Gasteiger partial charge in [0, 0.05) is 31.7 Å². The minimum Gasteiger partial charge on any atom is -0.354 e. The molecule has 2 N–H and O–H groups in total. The van der Waals surface area contributed by atoms with E-state index in [-0.39, 0.29) is 11.9 Å². The van der Waals surface area contributed by atoms with Crippen LogP contribution in [-0.4, -0.2) is 28.5 Å². The number of amides is 1. The van der Waals surface area contributed by atoms with Crippen molar-refractivity contribution in [2.24, 2.45) is 0 Å². The minimum absolute atomic E-state index is 0.0933. The van der Waals surface area contributed by atoms with Crippen LogP contribution in [0.4, 0.5) is 0 Å². The van der Waals surface area contributed by atoms with E-state index in [1.165, 1.54) is 0 Å². The lowest BCUT2D eigenvalue weighted by molar-refractivity contribution is -0.121. The summed E-state index contributed by atoms with van der Waals surface area (Å²) in [6.45, 7) is 7.25. The van der Waals surface area contributed by atoms with Crippen LogP contribution in [0.25, 0.3) is 0 Å². The van der Waals surface area contributed by atoms with Gasteiger partial charge in [-0.2, -0.15) is 0 Å². The molecule has 1 heterocycles. The second-order valence-corrected chi connectivity index (χ2v) is 4.40. The third-order valence-corrected chi connectivity index (χ3v) is 2.69. The lowest BCUT2D eigenvalue weighted by Gasteiger charge is -2.11. The molecule has 1 amide bonds. The third kappa shape index (κ3) is 5.72. The van der Waals surface area contributed by atoms with E-state index in [4.69, 9.17) is 0 Å². The number of aromatic nitrogens is 2. The smallest absolute Gasteiger partial charge is 0.221 e. The summed E-state index contributed by atoms with van der Waals surface area (Å²) in [6.07, 6.45) is 3.20. The number of hydrogen-bond donors (Lipinski definition) is 2. The Hall–Kier alpha value is -1.49. The molecule has 1 unspecified atom stereocenters. The van der Waals surface area contributed by atoms with Gasteiger partial charge in [0.15, 0.2) is 0 Å². The molecule has 0 spiro atoms. The second kappa shape index (κ2) is 7.76. The van der Waals surface area contributed by atoms with Crippen molar-refractivity contribution in [1.29, 1.82) is 0 Å². The highest BCUT2D eigenvalue weighted by molar-refractivity contribution is 5.76. The fourth-order valence-corrected chi connectivity index (χ4v) is 1.47. The fraction of sp³-hybridized carbons (Fsp3) is 0.615. The highest BCUT2D eigenvalue weighted by atomic mass is 16.1. The first-order valence-electron chi connectivity index (χ1n) is 6.40. The predicted molar refractivity (Wildman–Crippen MR) is 71.0 cm³/mol. The fourth-order valence-electron chi connectivity index (χ4n) is 1.47. The van der Waals surface area contributed by atoms with Crippen molar-refractivity contribution in [3.63, 3.8) is 0 Å². The molecule has 1 atom stereocenters. The van der Waals surface area contributed by atoms with Crippen LogP contribution in [0.1, 0.15) is 38.2 Å². The van der Waals surface area contributed by atoms with Crippen LogP contribution >= 0.6 is 0 Å². The maximum Gasteiger partial charge on any atom is 0.221 e. The maximum absolute atomic E-state index is 11.5. The molecule has 0 radical (unpaired) electrons. The number of hydrogen-bond acceptors (Lipinski definition) is 4. The number of carbonyl (C=O) groups is 1. The van der Waals surface area contributed by atoms with Gasteiger partial charge in [0.1, 0.15) is 5.82 Å². The zero-order chi connectivity index (χ0) is 13.4. The number of carbonyl (C=O) groups excluding carboxylic acids is 1. The van der Waals surface area contributed by atoms with Gasteiger partial charge in [-0.1, -0.05) is 6.92 Å². The van der Waals surface area contributed by atoms with Gasteiger partial charge in [0.05, 0.1) is 5.69 Å². The molecule has 5 heteroatoms. The lowest BCUT2D eigenvalue weighted by atomic mass is 10.2. The molecule has 1 rings (SSSR count). The first-order valence-corrected chi connectivity index (χ1v) is 6.40. The number of nitrogens with one attached hydrogen (secondary N) is 2. The van der Waals surface area contributed by atoms with Crippen LogP contribution in [0.5, 0.6) is 0 Å². The summed E-state index contributed by atoms with van der Waals surface area (Å²) < 4.78 is 0. The van der Waals surface area contributed by atoms with Crippen molar-refractivity contribution in [2.45, 2.75) is 46.2 Å². The Kier molecular flexibility index (Phi) is 6.28. The van der Waals surface area contributed by atoms with E-state index >= 15 is 0 Å². The molecule has 1 aromatic heterocycles. The molecule has 0 saturated carbocycles. The Morgan fingerprint density at radius 2 is 2.28 bits per heavy atom. The van der Waals surface area contributed by atoms with Gasteiger partial charge in [-0.15, -0.1) is 0 Å². The number of nitrogens with zero attached hydrogens (tertiary/aromatic N) is 2. The van der Waals surface area contributed by atoms with Crippen LogP contribution in [0, 0.1) is 6.92 Å². The van der Waals surface area contributed by atoms with Gasteiger partial charge < -0.3 is 10.6 Å². The molecule has 0 saturated heterocycles. The van der Waals surface area contributed by atoms with E-state index in [0.717, 1.165) is 17.9 Å². The first kappa shape index (κ1) is 14.6. The quantitative estimate of drug-likeness (QED) is 0.713. The standard InChI is InChI=1S/C13H22N4O/c1-4-10(2)16-13(18)6-7-14-9-12-5-8-15-11(3)17-12/h5,8,10,14H,4,6-7,9H2,1-3H3,(H,16,18). The van der Waals surface area contributed by atoms with E-state index in [2.05, 4.69) is 27.5 Å². The van der Waals surface area contributed by atoms with Gasteiger partial charge in [0.25, 0.3) is 0 Å². The van der Waals surface area contributed by atoms with E-state index in [1.807, 2.05) is 19.9 Å². The Bertz CT molecular complexity index is 381. The van der Waals surface area contributed by atoms with Crippen molar-refractivity contribution >= 4 is 5.91 Å². The predicted octanol–water partition coefficient (Wildman–Crippen LogP) is 1.18. The average Bonchev–Trinajstić information content (AvgIpc) is 2.34. The Morgan fingerprint density at radius 1 is 1.50 bits per heavy atom. The zero-order valence-corrected chi connectivity index (χ0v) is 11.4. The summed E-state index contributed by atoms with van der Waals surface area (Å²) in [7, 11) is 0. The largest absolute Gasteiger partial charge is 0.354 e. The molecule has 0 aliphatic carbocycles. The molecule has 5 nitrogen and oxygen atoms in total. The monoisotopic (exact) mass is 250 g/mol. The van der Waals surface area contributed by atoms with E-state index in [9.17, 15) is 4.79 Å². The SMILES string of the molecule is CCC(C)NC(=O)CCNCc1ccnc(C)n1. The van der Waals surface area contributed by atoms with Crippen molar-refractivity contribution in [3.8, 4) is 0 Å². The van der Waals surface area contributed by atoms with E-state index in [0.29, 0.717) is 19.5 Å². The van der Waals surface area contributed by atoms with Crippen molar-refractivity contribution in [2.75, 3.05) is 6.54 Å². The van der Waals surface area contributed by atoms with Gasteiger partial charge in [-0.25, -0.2) is 9.97 Å². The highest BCUT2D eigenvalue weighted by Crippen LogP contribution is 1.94. The maximum atomic E-state index is 11.5. The van der Waals surface area contributed by atoms with Crippen LogP contribution in [-0.2, 0) is 11.3 Å². The van der Waals surface area contributed by atoms with Crippen LogP contribution in [0.2, 0.25) is 0 Å². The van der Waals surface area contributed by atoms with Crippen molar-refractivity contribution in [1.82, 2.24) is 20.6 Å². The van der Waals surface area contributed by atoms with Gasteiger partial charge in [-0.05, 0) is 26.3 Å².